The first-order valence-electron chi connectivity index (χ1n) is 15.6. The number of carbonyl (C=O) groups excluding carboxylic acids is 2. The van der Waals surface area contributed by atoms with Crippen molar-refractivity contribution in [2.24, 2.45) is 0 Å². The van der Waals surface area contributed by atoms with Crippen molar-refractivity contribution in [1.29, 1.82) is 0 Å². The van der Waals surface area contributed by atoms with Gasteiger partial charge in [-0.05, 0) is 65.7 Å². The van der Waals surface area contributed by atoms with Crippen molar-refractivity contribution in [3.05, 3.63) is 133 Å². The van der Waals surface area contributed by atoms with Gasteiger partial charge in [0.05, 0.1) is 14.2 Å². The van der Waals surface area contributed by atoms with Crippen LogP contribution in [0.25, 0.3) is 0 Å². The zero-order valence-corrected chi connectivity index (χ0v) is 27.5. The van der Waals surface area contributed by atoms with E-state index in [1.54, 1.807) is 50.4 Å². The van der Waals surface area contributed by atoms with Gasteiger partial charge in [-0.3, -0.25) is 9.59 Å². The number of benzene rings is 4. The van der Waals surface area contributed by atoms with Crippen LogP contribution in [0.15, 0.2) is 121 Å². The van der Waals surface area contributed by atoms with Crippen LogP contribution in [0.1, 0.15) is 11.1 Å². The summed E-state index contributed by atoms with van der Waals surface area (Å²) < 4.78 is 10.6. The molecule has 2 amide bonds. The Bertz CT molecular complexity index is 1640. The van der Waals surface area contributed by atoms with Crippen LogP contribution in [0.4, 0.5) is 23.1 Å². The number of methoxy groups -OCH3 is 2. The molecule has 4 aromatic carbocycles. The number of rotatable bonds is 14. The van der Waals surface area contributed by atoms with E-state index in [2.05, 4.69) is 15.6 Å². The van der Waals surface area contributed by atoms with E-state index >= 15 is 0 Å². The maximum Gasteiger partial charge on any atom is 0.249 e. The van der Waals surface area contributed by atoms with Crippen molar-refractivity contribution in [1.82, 2.24) is 9.97 Å². The number of carbonyl (C=O) groups is 2. The lowest BCUT2D eigenvalue weighted by atomic mass is 10.0. The topological polar surface area (TPSA) is 109 Å². The normalized spacial score (nSPS) is 11.9. The molecule has 5 aromatic rings. The van der Waals surface area contributed by atoms with E-state index in [4.69, 9.17) is 14.5 Å². The number of ether oxygens (including phenoxy) is 2. The number of hydrogen-bond donors (Lipinski definition) is 2. The summed E-state index contributed by atoms with van der Waals surface area (Å²) in [5, 5.41) is 6.61. The Morgan fingerprint density at radius 3 is 1.50 bits per heavy atom. The van der Waals surface area contributed by atoms with Crippen molar-refractivity contribution in [2.45, 2.75) is 24.9 Å². The molecule has 5 rings (SSSR count). The van der Waals surface area contributed by atoms with Crippen LogP contribution >= 0.6 is 0 Å². The molecule has 0 aliphatic carbocycles. The van der Waals surface area contributed by atoms with Gasteiger partial charge in [0.2, 0.25) is 17.8 Å². The summed E-state index contributed by atoms with van der Waals surface area (Å²) in [5.41, 5.74) is 3.43. The summed E-state index contributed by atoms with van der Waals surface area (Å²) in [7, 11) is 6.69. The molecule has 2 atom stereocenters. The average molecular weight is 645 g/mol. The third kappa shape index (κ3) is 8.67. The number of nitrogens with one attached hydrogen (secondary N) is 2. The number of aromatic nitrogens is 2. The van der Waals surface area contributed by atoms with Gasteiger partial charge in [0.1, 0.15) is 29.4 Å². The van der Waals surface area contributed by atoms with Crippen molar-refractivity contribution >= 4 is 35.0 Å². The Morgan fingerprint density at radius 2 is 1.06 bits per heavy atom. The standard InChI is InChI=1S/C38H40N6O4/c1-43(29-15-19-31(47-3)20-16-29)36(45)33(25-27-11-7-5-8-12-27)40-35-23-24-39-38(42-35)41-34(26-28-13-9-6-10-14-28)37(46)44(2)30-17-21-32(48-4)22-18-30/h5-24,33-34H,25-26H2,1-4H3,(H2,39,40,41,42)/t33-,34-/m0/s1. The lowest BCUT2D eigenvalue weighted by Crippen LogP contribution is -2.43. The minimum atomic E-state index is -0.683. The third-order valence-electron chi connectivity index (χ3n) is 8.02. The van der Waals surface area contributed by atoms with E-state index in [0.717, 1.165) is 22.5 Å². The quantitative estimate of drug-likeness (QED) is 0.155. The minimum Gasteiger partial charge on any atom is -0.497 e. The number of anilines is 4. The van der Waals surface area contributed by atoms with Crippen LogP contribution in [0.2, 0.25) is 0 Å². The Balaban J connectivity index is 1.38. The van der Waals surface area contributed by atoms with E-state index in [1.165, 1.54) is 0 Å². The van der Waals surface area contributed by atoms with E-state index in [0.29, 0.717) is 30.2 Å². The molecular formula is C38H40N6O4. The third-order valence-corrected chi connectivity index (χ3v) is 8.02. The number of hydrogen-bond acceptors (Lipinski definition) is 8. The molecule has 1 aromatic heterocycles. The molecule has 246 valence electrons. The largest absolute Gasteiger partial charge is 0.497 e. The maximum absolute atomic E-state index is 13.9. The molecule has 10 nitrogen and oxygen atoms in total. The van der Waals surface area contributed by atoms with Gasteiger partial charge in [-0.25, -0.2) is 4.98 Å². The SMILES string of the molecule is COc1ccc(N(C)C(=O)[C@H](Cc2ccccc2)Nc2ccnc(N[C@@H](Cc3ccccc3)C(=O)N(C)c3ccc(OC)cc3)n2)cc1. The van der Waals surface area contributed by atoms with Crippen molar-refractivity contribution < 1.29 is 19.1 Å². The summed E-state index contributed by atoms with van der Waals surface area (Å²) in [6.07, 6.45) is 2.43. The summed E-state index contributed by atoms with van der Waals surface area (Å²) in [4.78, 5) is 40.2. The van der Waals surface area contributed by atoms with E-state index in [9.17, 15) is 9.59 Å². The van der Waals surface area contributed by atoms with Gasteiger partial charge in [0.25, 0.3) is 0 Å². The number of nitrogens with zero attached hydrogens (tertiary/aromatic N) is 4. The molecule has 0 aliphatic rings. The Morgan fingerprint density at radius 1 is 0.625 bits per heavy atom. The summed E-state index contributed by atoms with van der Waals surface area (Å²) in [6.45, 7) is 0. The van der Waals surface area contributed by atoms with Crippen molar-refractivity contribution in [2.75, 3.05) is 48.7 Å². The van der Waals surface area contributed by atoms with E-state index < -0.39 is 12.1 Å². The lowest BCUT2D eigenvalue weighted by Gasteiger charge is -2.26. The molecule has 2 N–H and O–H groups in total. The molecule has 0 saturated carbocycles. The summed E-state index contributed by atoms with van der Waals surface area (Å²) >= 11 is 0. The van der Waals surface area contributed by atoms with Crippen molar-refractivity contribution in [3.63, 3.8) is 0 Å². The minimum absolute atomic E-state index is 0.143. The highest BCUT2D eigenvalue weighted by Gasteiger charge is 2.26. The summed E-state index contributed by atoms with van der Waals surface area (Å²) in [5.74, 6) is 1.81. The van der Waals surface area contributed by atoms with Crippen molar-refractivity contribution in [3.8, 4) is 11.5 Å². The molecule has 0 fully saturated rings. The molecule has 1 heterocycles. The fourth-order valence-electron chi connectivity index (χ4n) is 5.28. The molecule has 48 heavy (non-hydrogen) atoms. The smallest absolute Gasteiger partial charge is 0.249 e. The van der Waals surface area contributed by atoms with Crippen LogP contribution in [-0.2, 0) is 22.4 Å². The van der Waals surface area contributed by atoms with Crippen LogP contribution in [0.3, 0.4) is 0 Å². The first kappa shape index (κ1) is 33.5. The Kier molecular flexibility index (Phi) is 11.2. The van der Waals surface area contributed by atoms with Crippen LogP contribution in [0, 0.1) is 0 Å². The van der Waals surface area contributed by atoms with Gasteiger partial charge >= 0.3 is 0 Å². The Hall–Kier alpha value is -5.90. The predicted octanol–water partition coefficient (Wildman–Crippen LogP) is 5.87. The second kappa shape index (κ2) is 16.1. The van der Waals surface area contributed by atoms with Gasteiger partial charge in [-0.1, -0.05) is 60.7 Å². The molecule has 0 bridgehead atoms. The highest BCUT2D eigenvalue weighted by Crippen LogP contribution is 2.23. The fourth-order valence-corrected chi connectivity index (χ4v) is 5.28. The predicted molar refractivity (Wildman–Crippen MR) is 190 cm³/mol. The van der Waals surface area contributed by atoms with Gasteiger partial charge < -0.3 is 29.9 Å². The zero-order chi connectivity index (χ0) is 33.9. The fraction of sp³-hybridized carbons (Fsp3) is 0.211. The highest BCUT2D eigenvalue weighted by atomic mass is 16.5. The number of amides is 2. The molecular weight excluding hydrogens is 604 g/mol. The highest BCUT2D eigenvalue weighted by molar-refractivity contribution is 5.99. The second-order valence-electron chi connectivity index (χ2n) is 11.2. The van der Waals surface area contributed by atoms with Crippen LogP contribution in [0.5, 0.6) is 11.5 Å². The maximum atomic E-state index is 13.9. The molecule has 0 spiro atoms. The van der Waals surface area contributed by atoms with Crippen LogP contribution in [-0.4, -0.2) is 62.2 Å². The first-order chi connectivity index (χ1) is 23.3. The van der Waals surface area contributed by atoms with E-state index in [1.807, 2.05) is 109 Å². The van der Waals surface area contributed by atoms with Crippen LogP contribution < -0.4 is 29.9 Å². The van der Waals surface area contributed by atoms with Gasteiger partial charge in [-0.2, -0.15) is 4.98 Å². The van der Waals surface area contributed by atoms with E-state index in [-0.39, 0.29) is 17.8 Å². The molecule has 10 heteroatoms. The Labute approximate surface area is 281 Å². The zero-order valence-electron chi connectivity index (χ0n) is 27.5. The first-order valence-corrected chi connectivity index (χ1v) is 15.6. The molecule has 0 unspecified atom stereocenters. The number of likely N-dealkylation sites (N-methyl/N-ethyl adjacent to an activating group) is 2. The second-order valence-corrected chi connectivity index (χ2v) is 11.2. The average Bonchev–Trinajstić information content (AvgIpc) is 3.14. The molecule has 0 saturated heterocycles. The monoisotopic (exact) mass is 644 g/mol. The lowest BCUT2D eigenvalue weighted by molar-refractivity contribution is -0.119. The molecule has 0 aliphatic heterocycles. The summed E-state index contributed by atoms with van der Waals surface area (Å²) in [6, 6.07) is 34.6. The van der Waals surface area contributed by atoms with Gasteiger partial charge in [-0.15, -0.1) is 0 Å². The van der Waals surface area contributed by atoms with Gasteiger partial charge in [0.15, 0.2) is 0 Å². The van der Waals surface area contributed by atoms with Gasteiger partial charge in [0, 0.05) is 44.5 Å². The molecule has 0 radical (unpaired) electrons.